The summed E-state index contributed by atoms with van der Waals surface area (Å²) < 4.78 is 0. The lowest BCUT2D eigenvalue weighted by Gasteiger charge is -2.06. The standard InChI is InChI=1S/C39H29N5O2/c1-23-3-7-25(8-4-23)37-31-17-15-29(40-31)30-16-18-32(41-30)38(26-9-5-24(2)6-10-26)34-20-22-36(43-34)39(35-21-19-33(37)42-35)27-11-13-28(14-12-27)44(45)46/h3-22,40,42-43H,1-2H3. The first-order valence-electron chi connectivity index (χ1n) is 15.1. The number of nitrogens with zero attached hydrogens (tertiary/aromatic N) is 2. The van der Waals surface area contributed by atoms with Crippen LogP contribution < -0.4 is 0 Å². The molecule has 4 aromatic heterocycles. The summed E-state index contributed by atoms with van der Waals surface area (Å²) in [6, 6.07) is 36.2. The number of fused-ring (bicyclic) bond motifs is 9. The fourth-order valence-electron chi connectivity index (χ4n) is 6.26. The smallest absolute Gasteiger partial charge is 0.269 e. The van der Waals surface area contributed by atoms with E-state index in [-0.39, 0.29) is 10.6 Å². The van der Waals surface area contributed by atoms with Crippen LogP contribution in [0.4, 0.5) is 5.69 Å². The second kappa shape index (κ2) is 10.7. The van der Waals surface area contributed by atoms with Crippen LogP contribution in [0, 0.1) is 24.0 Å². The molecule has 3 N–H and O–H groups in total. The first-order chi connectivity index (χ1) is 22.4. The predicted octanol–water partition coefficient (Wildman–Crippen LogP) is 10.2. The lowest BCUT2D eigenvalue weighted by Crippen LogP contribution is -1.88. The molecule has 3 aromatic carbocycles. The van der Waals surface area contributed by atoms with Crippen LogP contribution in [0.25, 0.3) is 78.6 Å². The fourth-order valence-corrected chi connectivity index (χ4v) is 6.26. The molecule has 8 bridgehead atoms. The summed E-state index contributed by atoms with van der Waals surface area (Å²) in [6.45, 7) is 4.16. The molecule has 1 aliphatic heterocycles. The lowest BCUT2D eigenvalue weighted by atomic mass is 10.0. The molecule has 7 nitrogen and oxygen atoms in total. The summed E-state index contributed by atoms with van der Waals surface area (Å²) in [5, 5.41) is 11.5. The van der Waals surface area contributed by atoms with Crippen molar-refractivity contribution < 1.29 is 4.92 Å². The summed E-state index contributed by atoms with van der Waals surface area (Å²) in [7, 11) is 0. The van der Waals surface area contributed by atoms with E-state index in [0.717, 1.165) is 77.9 Å². The molecular weight excluding hydrogens is 570 g/mol. The van der Waals surface area contributed by atoms with E-state index in [1.807, 2.05) is 0 Å². The minimum absolute atomic E-state index is 0.0476. The van der Waals surface area contributed by atoms with Crippen LogP contribution in [-0.4, -0.2) is 24.9 Å². The van der Waals surface area contributed by atoms with Crippen molar-refractivity contribution in [2.24, 2.45) is 0 Å². The van der Waals surface area contributed by atoms with Crippen LogP contribution >= 0.6 is 0 Å². The molecule has 0 saturated heterocycles. The van der Waals surface area contributed by atoms with Gasteiger partial charge in [-0.3, -0.25) is 10.1 Å². The van der Waals surface area contributed by atoms with E-state index in [9.17, 15) is 10.1 Å². The van der Waals surface area contributed by atoms with Crippen LogP contribution in [0.2, 0.25) is 0 Å². The number of hydrogen-bond acceptors (Lipinski definition) is 3. The molecule has 0 atom stereocenters. The van der Waals surface area contributed by atoms with Gasteiger partial charge < -0.3 is 15.0 Å². The van der Waals surface area contributed by atoms with E-state index in [1.165, 1.54) is 11.1 Å². The van der Waals surface area contributed by atoms with Gasteiger partial charge in [-0.15, -0.1) is 0 Å². The molecule has 0 unspecified atom stereocenters. The number of hydrogen-bond donors (Lipinski definition) is 3. The largest absolute Gasteiger partial charge is 0.354 e. The number of aromatic amines is 3. The minimum Gasteiger partial charge on any atom is -0.354 e. The second-order valence-corrected chi connectivity index (χ2v) is 11.7. The Morgan fingerprint density at radius 3 is 1.33 bits per heavy atom. The van der Waals surface area contributed by atoms with Crippen molar-refractivity contribution in [3.05, 3.63) is 142 Å². The Bertz CT molecular complexity index is 2440. The van der Waals surface area contributed by atoms with E-state index < -0.39 is 0 Å². The number of nitro groups is 1. The van der Waals surface area contributed by atoms with E-state index in [1.54, 1.807) is 24.3 Å². The maximum atomic E-state index is 11.5. The lowest BCUT2D eigenvalue weighted by molar-refractivity contribution is -0.384. The van der Waals surface area contributed by atoms with Crippen molar-refractivity contribution in [2.45, 2.75) is 13.8 Å². The Kier molecular flexibility index (Phi) is 6.39. The number of nitro benzene ring substituents is 1. The molecule has 0 fully saturated rings. The highest BCUT2D eigenvalue weighted by atomic mass is 16.6. The quantitative estimate of drug-likeness (QED) is 0.138. The van der Waals surface area contributed by atoms with Crippen LogP contribution in [0.1, 0.15) is 22.5 Å². The summed E-state index contributed by atoms with van der Waals surface area (Å²) in [5.41, 5.74) is 15.5. The van der Waals surface area contributed by atoms with Gasteiger partial charge in [0, 0.05) is 56.4 Å². The maximum Gasteiger partial charge on any atom is 0.269 e. The third-order valence-electron chi connectivity index (χ3n) is 8.62. The van der Waals surface area contributed by atoms with Gasteiger partial charge in [0.1, 0.15) is 0 Å². The van der Waals surface area contributed by atoms with Crippen molar-refractivity contribution in [3.63, 3.8) is 0 Å². The Hall–Kier alpha value is -6.21. The number of H-pyrrole nitrogens is 3. The van der Waals surface area contributed by atoms with Crippen molar-refractivity contribution in [3.8, 4) is 33.4 Å². The van der Waals surface area contributed by atoms with Crippen LogP contribution in [0.3, 0.4) is 0 Å². The van der Waals surface area contributed by atoms with Crippen molar-refractivity contribution in [1.82, 2.24) is 19.9 Å². The molecule has 0 radical (unpaired) electrons. The SMILES string of the molecule is Cc1ccc(-c2c3nc(c4ccc([nH]4)c(-c4ccc(C)cc4)c4ccc([nH]4)c(-c4ccc([N+](=O)[O-])cc4)c4ccc2[nH]4)C=C3)cc1. The molecular formula is C39H29N5O2. The predicted molar refractivity (Wildman–Crippen MR) is 188 cm³/mol. The molecule has 7 heteroatoms. The van der Waals surface area contributed by atoms with Gasteiger partial charge in [0.25, 0.3) is 5.69 Å². The highest BCUT2D eigenvalue weighted by Gasteiger charge is 2.16. The second-order valence-electron chi connectivity index (χ2n) is 11.7. The molecule has 8 rings (SSSR count). The highest BCUT2D eigenvalue weighted by Crippen LogP contribution is 2.36. The minimum atomic E-state index is -0.373. The zero-order valence-corrected chi connectivity index (χ0v) is 25.3. The van der Waals surface area contributed by atoms with Gasteiger partial charge in [0.15, 0.2) is 0 Å². The molecule has 7 aromatic rings. The molecule has 0 spiro atoms. The molecule has 0 aliphatic carbocycles. The summed E-state index contributed by atoms with van der Waals surface area (Å²) in [4.78, 5) is 27.3. The van der Waals surface area contributed by atoms with Crippen LogP contribution in [0.15, 0.2) is 109 Å². The Labute approximate surface area is 264 Å². The Morgan fingerprint density at radius 1 is 0.478 bits per heavy atom. The van der Waals surface area contributed by atoms with Crippen LogP contribution in [0.5, 0.6) is 0 Å². The molecule has 5 heterocycles. The molecule has 0 amide bonds. The summed E-state index contributed by atoms with van der Waals surface area (Å²) in [5.74, 6) is 0. The molecule has 0 saturated carbocycles. The van der Waals surface area contributed by atoms with Gasteiger partial charge >= 0.3 is 0 Å². The number of benzene rings is 3. The molecule has 1 aliphatic rings. The highest BCUT2D eigenvalue weighted by molar-refractivity contribution is 6.00. The number of rotatable bonds is 4. The Morgan fingerprint density at radius 2 is 0.848 bits per heavy atom. The number of nitrogens with one attached hydrogen (secondary N) is 3. The monoisotopic (exact) mass is 599 g/mol. The first kappa shape index (κ1) is 27.3. The molecule has 222 valence electrons. The van der Waals surface area contributed by atoms with Crippen molar-refractivity contribution in [2.75, 3.05) is 0 Å². The maximum absolute atomic E-state index is 11.5. The zero-order valence-electron chi connectivity index (χ0n) is 25.3. The average molecular weight is 600 g/mol. The number of aromatic nitrogens is 4. The normalized spacial score (nSPS) is 11.8. The molecule has 46 heavy (non-hydrogen) atoms. The van der Waals surface area contributed by atoms with Gasteiger partial charge in [0.2, 0.25) is 0 Å². The van der Waals surface area contributed by atoms with Gasteiger partial charge in [-0.1, -0.05) is 59.7 Å². The van der Waals surface area contributed by atoms with Gasteiger partial charge in [-0.25, -0.2) is 4.98 Å². The fraction of sp³-hybridized carbons (Fsp3) is 0.0513. The summed E-state index contributed by atoms with van der Waals surface area (Å²) in [6.07, 6.45) is 4.13. The van der Waals surface area contributed by atoms with E-state index >= 15 is 0 Å². The van der Waals surface area contributed by atoms with E-state index in [2.05, 4.69) is 126 Å². The van der Waals surface area contributed by atoms with E-state index in [0.29, 0.717) is 0 Å². The van der Waals surface area contributed by atoms with Gasteiger partial charge in [-0.05, 0) is 91.2 Å². The zero-order chi connectivity index (χ0) is 31.4. The first-order valence-corrected chi connectivity index (χ1v) is 15.1. The average Bonchev–Trinajstić information content (AvgIpc) is 3.89. The van der Waals surface area contributed by atoms with Crippen molar-refractivity contribution in [1.29, 1.82) is 0 Å². The van der Waals surface area contributed by atoms with Crippen LogP contribution in [-0.2, 0) is 0 Å². The van der Waals surface area contributed by atoms with Gasteiger partial charge in [-0.2, -0.15) is 0 Å². The number of non-ortho nitro benzene ring substituents is 1. The third kappa shape index (κ3) is 4.75. The topological polar surface area (TPSA) is 103 Å². The van der Waals surface area contributed by atoms with Crippen molar-refractivity contribution >= 4 is 50.9 Å². The summed E-state index contributed by atoms with van der Waals surface area (Å²) >= 11 is 0. The number of aryl methyl sites for hydroxylation is 2. The van der Waals surface area contributed by atoms with Gasteiger partial charge in [0.05, 0.1) is 21.8 Å². The van der Waals surface area contributed by atoms with E-state index in [4.69, 9.17) is 4.98 Å². The Balaban J connectivity index is 1.53. The third-order valence-corrected chi connectivity index (χ3v) is 8.62.